The Morgan fingerprint density at radius 1 is 1.16 bits per heavy atom. The quantitative estimate of drug-likeness (QED) is 0.384. The molecule has 0 unspecified atom stereocenters. The van der Waals surface area contributed by atoms with Gasteiger partial charge < -0.3 is 9.47 Å². The Morgan fingerprint density at radius 2 is 1.91 bits per heavy atom. The average molecular weight is 462 g/mol. The highest BCUT2D eigenvalue weighted by Crippen LogP contribution is 2.25. The Balaban J connectivity index is 0.00000363. The molecule has 0 fully saturated rings. The lowest BCUT2D eigenvalue weighted by Gasteiger charge is -2.21. The van der Waals surface area contributed by atoms with Crippen LogP contribution >= 0.6 is 12.4 Å². The molecule has 0 amide bonds. The van der Waals surface area contributed by atoms with E-state index in [1.807, 2.05) is 12.1 Å². The largest absolute Gasteiger partial charge is 0.477 e. The van der Waals surface area contributed by atoms with E-state index in [1.165, 1.54) is 9.20 Å². The molecular weight excluding hydrogens is 430 g/mol. The van der Waals surface area contributed by atoms with E-state index in [0.29, 0.717) is 30.3 Å². The topological polar surface area (TPSA) is 94.5 Å². The molecule has 1 aromatic carbocycles. The molecule has 32 heavy (non-hydrogen) atoms. The number of fused-ring (bicyclic) bond motifs is 1. The molecule has 2 heterocycles. The lowest BCUT2D eigenvalue weighted by Crippen LogP contribution is -2.26. The van der Waals surface area contributed by atoms with Gasteiger partial charge >= 0.3 is 0 Å². The van der Waals surface area contributed by atoms with Crippen molar-refractivity contribution in [1.29, 1.82) is 5.41 Å². The summed E-state index contributed by atoms with van der Waals surface area (Å²) in [4.78, 5) is 13.1. The van der Waals surface area contributed by atoms with E-state index < -0.39 is 0 Å². The highest BCUT2D eigenvalue weighted by Gasteiger charge is 2.19. The fourth-order valence-electron chi connectivity index (χ4n) is 3.18. The van der Waals surface area contributed by atoms with Crippen molar-refractivity contribution in [2.75, 3.05) is 13.7 Å². The van der Waals surface area contributed by atoms with Gasteiger partial charge in [0.05, 0.1) is 13.2 Å². The van der Waals surface area contributed by atoms with E-state index >= 15 is 0 Å². The van der Waals surface area contributed by atoms with Gasteiger partial charge in [-0.15, -0.1) is 22.6 Å². The highest BCUT2D eigenvalue weighted by atomic mass is 35.5. The number of unbranched alkanes of at least 4 members (excludes halogenated alkanes) is 1. The van der Waals surface area contributed by atoms with Gasteiger partial charge in [-0.2, -0.15) is 4.52 Å². The van der Waals surface area contributed by atoms with E-state index in [4.69, 9.17) is 14.9 Å². The van der Waals surface area contributed by atoms with Crippen LogP contribution in [0.3, 0.4) is 0 Å². The van der Waals surface area contributed by atoms with Crippen molar-refractivity contribution in [2.45, 2.75) is 59.1 Å². The second-order valence-electron chi connectivity index (χ2n) is 8.65. The number of ether oxygens (including phenoxy) is 2. The second-order valence-corrected chi connectivity index (χ2v) is 8.65. The molecule has 174 valence electrons. The number of aromatic nitrogens is 4. The van der Waals surface area contributed by atoms with E-state index in [-0.39, 0.29) is 35.8 Å². The molecule has 3 aromatic rings. The van der Waals surface area contributed by atoms with Crippen LogP contribution in [0.4, 0.5) is 0 Å². The number of ketones is 1. The van der Waals surface area contributed by atoms with Gasteiger partial charge in [0.1, 0.15) is 6.54 Å². The Morgan fingerprint density at radius 3 is 2.56 bits per heavy atom. The zero-order valence-corrected chi connectivity index (χ0v) is 20.2. The predicted octanol–water partition coefficient (Wildman–Crippen LogP) is 3.94. The second kappa shape index (κ2) is 10.7. The van der Waals surface area contributed by atoms with Gasteiger partial charge in [-0.05, 0) is 41.2 Å². The van der Waals surface area contributed by atoms with Crippen molar-refractivity contribution in [3.8, 4) is 5.88 Å². The Bertz CT molecular complexity index is 1130. The molecule has 0 saturated carbocycles. The van der Waals surface area contributed by atoms with Gasteiger partial charge in [0, 0.05) is 18.7 Å². The number of hydrogen-bond donors (Lipinski definition) is 1. The SMILES string of the molecule is CCCCOc1ccc2nn(CC(=O)c3cc(COC)cc(C(C)(C)C)c3)c(=N)n2n1.Cl. The number of benzene rings is 1. The molecule has 3 rings (SSSR count). The third kappa shape index (κ3) is 5.95. The summed E-state index contributed by atoms with van der Waals surface area (Å²) >= 11 is 0. The van der Waals surface area contributed by atoms with Gasteiger partial charge in [0.2, 0.25) is 11.5 Å². The van der Waals surface area contributed by atoms with Crippen molar-refractivity contribution < 1.29 is 14.3 Å². The van der Waals surface area contributed by atoms with Gasteiger partial charge in [0.15, 0.2) is 11.4 Å². The average Bonchev–Trinajstić information content (AvgIpc) is 3.02. The Kier molecular flexibility index (Phi) is 8.58. The minimum Gasteiger partial charge on any atom is -0.477 e. The molecule has 0 saturated heterocycles. The van der Waals surface area contributed by atoms with Crippen molar-refractivity contribution in [2.24, 2.45) is 0 Å². The normalized spacial score (nSPS) is 11.4. The highest BCUT2D eigenvalue weighted by molar-refractivity contribution is 5.96. The first-order chi connectivity index (χ1) is 14.7. The molecule has 0 atom stereocenters. The maximum absolute atomic E-state index is 13.1. The maximum Gasteiger partial charge on any atom is 0.242 e. The van der Waals surface area contributed by atoms with E-state index in [0.717, 1.165) is 24.0 Å². The summed E-state index contributed by atoms with van der Waals surface area (Å²) in [5.74, 6) is 0.317. The number of carbonyl (C=O) groups excluding carboxylic acids is 1. The smallest absolute Gasteiger partial charge is 0.242 e. The molecule has 9 heteroatoms. The number of nitrogens with zero attached hydrogens (tertiary/aromatic N) is 4. The first-order valence-electron chi connectivity index (χ1n) is 10.5. The van der Waals surface area contributed by atoms with Gasteiger partial charge in [-0.3, -0.25) is 10.2 Å². The number of rotatable bonds is 9. The zero-order valence-electron chi connectivity index (χ0n) is 19.3. The van der Waals surface area contributed by atoms with Crippen LogP contribution in [0.1, 0.15) is 62.0 Å². The summed E-state index contributed by atoms with van der Waals surface area (Å²) in [6, 6.07) is 9.30. The molecule has 0 bridgehead atoms. The summed E-state index contributed by atoms with van der Waals surface area (Å²) < 4.78 is 13.6. The zero-order chi connectivity index (χ0) is 22.6. The van der Waals surface area contributed by atoms with Crippen LogP contribution in [0.15, 0.2) is 30.3 Å². The van der Waals surface area contributed by atoms with Crippen LogP contribution < -0.4 is 10.4 Å². The van der Waals surface area contributed by atoms with Crippen molar-refractivity contribution >= 4 is 23.8 Å². The van der Waals surface area contributed by atoms with Crippen LogP contribution in [-0.2, 0) is 23.3 Å². The summed E-state index contributed by atoms with van der Waals surface area (Å²) in [7, 11) is 1.64. The molecule has 0 spiro atoms. The van der Waals surface area contributed by atoms with Crippen molar-refractivity contribution in [3.63, 3.8) is 0 Å². The number of hydrogen-bond acceptors (Lipinski definition) is 6. The summed E-state index contributed by atoms with van der Waals surface area (Å²) in [5.41, 5.74) is 3.00. The number of Topliss-reactive ketones (excluding diaryl/α,β-unsaturated/α-hetero) is 1. The number of nitrogens with one attached hydrogen (secondary N) is 1. The Hall–Kier alpha value is -2.71. The Labute approximate surface area is 194 Å². The van der Waals surface area contributed by atoms with Crippen LogP contribution in [0.25, 0.3) is 5.65 Å². The predicted molar refractivity (Wildman–Crippen MR) is 125 cm³/mol. The lowest BCUT2D eigenvalue weighted by molar-refractivity contribution is 0.0965. The van der Waals surface area contributed by atoms with E-state index in [2.05, 4.69) is 44.0 Å². The first kappa shape index (κ1) is 25.5. The number of carbonyl (C=O) groups is 1. The molecule has 0 aliphatic carbocycles. The fourth-order valence-corrected chi connectivity index (χ4v) is 3.18. The van der Waals surface area contributed by atoms with Gasteiger partial charge in [-0.25, -0.2) is 4.68 Å². The van der Waals surface area contributed by atoms with Crippen molar-refractivity contribution in [1.82, 2.24) is 19.4 Å². The molecule has 2 aromatic heterocycles. The summed E-state index contributed by atoms with van der Waals surface area (Å²) in [5, 5.41) is 17.1. The lowest BCUT2D eigenvalue weighted by atomic mass is 9.84. The fraction of sp³-hybridized carbons (Fsp3) is 0.478. The maximum atomic E-state index is 13.1. The van der Waals surface area contributed by atoms with E-state index in [1.54, 1.807) is 19.2 Å². The standard InChI is InChI=1S/C23H31N5O3.ClH/c1-6-7-10-31-21-9-8-20-25-27(22(24)28(20)26-21)14-19(29)17-11-16(15-30-5)12-18(13-17)23(2,3)4;/h8-9,11-13,24H,6-7,10,14-15H2,1-5H3;1H. The van der Waals surface area contributed by atoms with Crippen LogP contribution in [0.5, 0.6) is 5.88 Å². The third-order valence-corrected chi connectivity index (χ3v) is 4.99. The van der Waals surface area contributed by atoms with Gasteiger partial charge in [0.25, 0.3) is 0 Å². The molecule has 0 radical (unpaired) electrons. The third-order valence-electron chi connectivity index (χ3n) is 4.99. The summed E-state index contributed by atoms with van der Waals surface area (Å²) in [6.07, 6.45) is 1.96. The molecule has 0 aliphatic heterocycles. The minimum atomic E-state index is -0.121. The van der Waals surface area contributed by atoms with Crippen LogP contribution in [-0.4, -0.2) is 38.9 Å². The van der Waals surface area contributed by atoms with E-state index in [9.17, 15) is 4.79 Å². The minimum absolute atomic E-state index is 0. The molecule has 8 nitrogen and oxygen atoms in total. The molecule has 0 aliphatic rings. The number of halogens is 1. The molecular formula is C23H32ClN5O3. The monoisotopic (exact) mass is 461 g/mol. The van der Waals surface area contributed by atoms with Crippen LogP contribution in [0.2, 0.25) is 0 Å². The summed E-state index contributed by atoms with van der Waals surface area (Å²) in [6.45, 7) is 9.37. The van der Waals surface area contributed by atoms with Crippen molar-refractivity contribution in [3.05, 3.63) is 52.6 Å². The van der Waals surface area contributed by atoms with Crippen LogP contribution in [0, 0.1) is 5.41 Å². The molecule has 1 N–H and O–H groups in total. The number of methoxy groups -OCH3 is 1. The first-order valence-corrected chi connectivity index (χ1v) is 10.5. The van der Waals surface area contributed by atoms with Gasteiger partial charge in [-0.1, -0.05) is 40.2 Å².